The number of rotatable bonds is 10. The van der Waals surface area contributed by atoms with Crippen LogP contribution >= 0.6 is 0 Å². The Morgan fingerprint density at radius 2 is 2.00 bits per heavy atom. The maximum absolute atomic E-state index is 5.19. The maximum atomic E-state index is 5.19. The van der Waals surface area contributed by atoms with Gasteiger partial charge in [0.05, 0.1) is 13.7 Å². The Balaban J connectivity index is 2.07. The number of methoxy groups -OCH3 is 2. The van der Waals surface area contributed by atoms with Crippen LogP contribution in [0.25, 0.3) is 0 Å². The second-order valence-electron chi connectivity index (χ2n) is 3.94. The molecule has 102 valence electrons. The van der Waals surface area contributed by atoms with Gasteiger partial charge in [-0.15, -0.1) is 0 Å². The van der Waals surface area contributed by atoms with E-state index < -0.39 is 0 Å². The van der Waals surface area contributed by atoms with Gasteiger partial charge >= 0.3 is 0 Å². The molecule has 0 saturated carbocycles. The molecule has 1 heterocycles. The standard InChI is InChI=1S/C13H23N3O2/c1-17-10-9-14-6-4-7-15-11-12-5-3-8-16-13(12)18-2/h3,5,8,14-15H,4,6-7,9-11H2,1-2H3. The molecule has 0 aliphatic rings. The molecule has 0 radical (unpaired) electrons. The molecule has 5 heteroatoms. The highest BCUT2D eigenvalue weighted by Crippen LogP contribution is 2.12. The molecule has 0 saturated heterocycles. The molecule has 1 aromatic heterocycles. The van der Waals surface area contributed by atoms with Gasteiger partial charge in [0.1, 0.15) is 0 Å². The third-order valence-corrected chi connectivity index (χ3v) is 2.55. The molecule has 18 heavy (non-hydrogen) atoms. The van der Waals surface area contributed by atoms with Crippen LogP contribution in [-0.4, -0.2) is 45.4 Å². The largest absolute Gasteiger partial charge is 0.481 e. The van der Waals surface area contributed by atoms with Crippen molar-refractivity contribution >= 4 is 0 Å². The van der Waals surface area contributed by atoms with Crippen molar-refractivity contribution in [1.82, 2.24) is 15.6 Å². The summed E-state index contributed by atoms with van der Waals surface area (Å²) in [5.41, 5.74) is 1.09. The average Bonchev–Trinajstić information content (AvgIpc) is 2.42. The fraction of sp³-hybridized carbons (Fsp3) is 0.615. The van der Waals surface area contributed by atoms with E-state index >= 15 is 0 Å². The molecule has 0 amide bonds. The van der Waals surface area contributed by atoms with Crippen molar-refractivity contribution in [2.24, 2.45) is 0 Å². The fourth-order valence-electron chi connectivity index (χ4n) is 1.60. The fourth-order valence-corrected chi connectivity index (χ4v) is 1.60. The molecule has 0 aromatic carbocycles. The summed E-state index contributed by atoms with van der Waals surface area (Å²) in [5.74, 6) is 0.697. The lowest BCUT2D eigenvalue weighted by molar-refractivity contribution is 0.199. The summed E-state index contributed by atoms with van der Waals surface area (Å²) in [5, 5.41) is 6.68. The van der Waals surface area contributed by atoms with E-state index in [1.807, 2.05) is 12.1 Å². The summed E-state index contributed by atoms with van der Waals surface area (Å²) < 4.78 is 10.1. The number of pyridine rings is 1. The Labute approximate surface area is 109 Å². The van der Waals surface area contributed by atoms with E-state index in [-0.39, 0.29) is 0 Å². The lowest BCUT2D eigenvalue weighted by Gasteiger charge is -2.08. The van der Waals surface area contributed by atoms with Crippen LogP contribution in [0.3, 0.4) is 0 Å². The van der Waals surface area contributed by atoms with Crippen LogP contribution in [0.1, 0.15) is 12.0 Å². The van der Waals surface area contributed by atoms with Gasteiger partial charge in [-0.05, 0) is 25.6 Å². The van der Waals surface area contributed by atoms with Gasteiger partial charge in [0.2, 0.25) is 5.88 Å². The minimum atomic E-state index is 0.697. The minimum absolute atomic E-state index is 0.697. The minimum Gasteiger partial charge on any atom is -0.481 e. The molecule has 1 aromatic rings. The van der Waals surface area contributed by atoms with Gasteiger partial charge < -0.3 is 20.1 Å². The van der Waals surface area contributed by atoms with Crippen molar-refractivity contribution in [3.8, 4) is 5.88 Å². The van der Waals surface area contributed by atoms with E-state index in [0.717, 1.165) is 44.8 Å². The first kappa shape index (κ1) is 14.9. The summed E-state index contributed by atoms with van der Waals surface area (Å²) in [6.07, 6.45) is 2.83. The summed E-state index contributed by atoms with van der Waals surface area (Å²) in [4.78, 5) is 4.16. The molecule has 0 bridgehead atoms. The third kappa shape index (κ3) is 5.95. The van der Waals surface area contributed by atoms with Gasteiger partial charge in [0, 0.05) is 32.0 Å². The second kappa shape index (κ2) is 9.82. The summed E-state index contributed by atoms with van der Waals surface area (Å²) in [6, 6.07) is 3.95. The van der Waals surface area contributed by atoms with E-state index in [0.29, 0.717) is 5.88 Å². The van der Waals surface area contributed by atoms with Crippen LogP contribution in [0, 0.1) is 0 Å². The zero-order chi connectivity index (χ0) is 13.1. The number of ether oxygens (including phenoxy) is 2. The number of nitrogens with zero attached hydrogens (tertiary/aromatic N) is 1. The molecule has 0 unspecified atom stereocenters. The molecular formula is C13H23N3O2. The van der Waals surface area contributed by atoms with Crippen LogP contribution in [0.15, 0.2) is 18.3 Å². The predicted octanol–water partition coefficient (Wildman–Crippen LogP) is 0.806. The quantitative estimate of drug-likeness (QED) is 0.604. The molecule has 1 rings (SSSR count). The SMILES string of the molecule is COCCNCCCNCc1cccnc1OC. The molecule has 5 nitrogen and oxygen atoms in total. The van der Waals surface area contributed by atoms with Crippen LogP contribution in [0.4, 0.5) is 0 Å². The third-order valence-electron chi connectivity index (χ3n) is 2.55. The number of hydrogen-bond acceptors (Lipinski definition) is 5. The van der Waals surface area contributed by atoms with E-state index in [4.69, 9.17) is 9.47 Å². The molecule has 0 aliphatic heterocycles. The van der Waals surface area contributed by atoms with E-state index in [2.05, 4.69) is 15.6 Å². The zero-order valence-corrected chi connectivity index (χ0v) is 11.2. The van der Waals surface area contributed by atoms with Crippen LogP contribution < -0.4 is 15.4 Å². The first-order valence-corrected chi connectivity index (χ1v) is 6.26. The molecule has 0 spiro atoms. The maximum Gasteiger partial charge on any atom is 0.217 e. The Morgan fingerprint density at radius 3 is 2.78 bits per heavy atom. The second-order valence-corrected chi connectivity index (χ2v) is 3.94. The predicted molar refractivity (Wildman–Crippen MR) is 71.9 cm³/mol. The summed E-state index contributed by atoms with van der Waals surface area (Å²) in [6.45, 7) is 4.43. The van der Waals surface area contributed by atoms with Crippen molar-refractivity contribution in [3.05, 3.63) is 23.9 Å². The Kier molecular flexibility index (Phi) is 8.12. The topological polar surface area (TPSA) is 55.4 Å². The smallest absolute Gasteiger partial charge is 0.217 e. The molecule has 0 atom stereocenters. The van der Waals surface area contributed by atoms with E-state index in [9.17, 15) is 0 Å². The lowest BCUT2D eigenvalue weighted by atomic mass is 10.2. The van der Waals surface area contributed by atoms with E-state index in [1.54, 1.807) is 20.4 Å². The first-order chi connectivity index (χ1) is 8.88. The molecule has 0 fully saturated rings. The highest BCUT2D eigenvalue weighted by molar-refractivity contribution is 5.24. The van der Waals surface area contributed by atoms with Gasteiger partial charge in [0.15, 0.2) is 0 Å². The van der Waals surface area contributed by atoms with Crippen LogP contribution in [0.5, 0.6) is 5.88 Å². The number of aromatic nitrogens is 1. The van der Waals surface area contributed by atoms with Crippen molar-refractivity contribution < 1.29 is 9.47 Å². The zero-order valence-electron chi connectivity index (χ0n) is 11.2. The van der Waals surface area contributed by atoms with Crippen LogP contribution in [-0.2, 0) is 11.3 Å². The summed E-state index contributed by atoms with van der Waals surface area (Å²) in [7, 11) is 3.36. The highest BCUT2D eigenvalue weighted by atomic mass is 16.5. The van der Waals surface area contributed by atoms with Gasteiger partial charge in [-0.25, -0.2) is 4.98 Å². The normalized spacial score (nSPS) is 10.6. The van der Waals surface area contributed by atoms with Crippen molar-refractivity contribution in [2.45, 2.75) is 13.0 Å². The monoisotopic (exact) mass is 253 g/mol. The highest BCUT2D eigenvalue weighted by Gasteiger charge is 2.01. The lowest BCUT2D eigenvalue weighted by Crippen LogP contribution is -2.24. The molecule has 0 aliphatic carbocycles. The molecular weight excluding hydrogens is 230 g/mol. The number of nitrogens with one attached hydrogen (secondary N) is 2. The van der Waals surface area contributed by atoms with Crippen molar-refractivity contribution in [3.63, 3.8) is 0 Å². The van der Waals surface area contributed by atoms with Gasteiger partial charge in [-0.1, -0.05) is 6.07 Å². The Morgan fingerprint density at radius 1 is 1.17 bits per heavy atom. The first-order valence-electron chi connectivity index (χ1n) is 6.26. The average molecular weight is 253 g/mol. The van der Waals surface area contributed by atoms with E-state index in [1.165, 1.54) is 0 Å². The Bertz CT molecular complexity index is 321. The van der Waals surface area contributed by atoms with Crippen molar-refractivity contribution in [2.75, 3.05) is 40.5 Å². The van der Waals surface area contributed by atoms with Gasteiger partial charge in [0.25, 0.3) is 0 Å². The molecule has 2 N–H and O–H groups in total. The van der Waals surface area contributed by atoms with Crippen LogP contribution in [0.2, 0.25) is 0 Å². The Hall–Kier alpha value is -1.17. The van der Waals surface area contributed by atoms with Gasteiger partial charge in [-0.3, -0.25) is 0 Å². The van der Waals surface area contributed by atoms with Crippen molar-refractivity contribution in [1.29, 1.82) is 0 Å². The number of hydrogen-bond donors (Lipinski definition) is 2. The van der Waals surface area contributed by atoms with Gasteiger partial charge in [-0.2, -0.15) is 0 Å². The summed E-state index contributed by atoms with van der Waals surface area (Å²) >= 11 is 0.